The topological polar surface area (TPSA) is 60.4 Å². The summed E-state index contributed by atoms with van der Waals surface area (Å²) in [5.74, 6) is -0.592. The van der Waals surface area contributed by atoms with Crippen LogP contribution >= 0.6 is 0 Å². The van der Waals surface area contributed by atoms with Crippen LogP contribution in [0.5, 0.6) is 0 Å². The van der Waals surface area contributed by atoms with E-state index in [1.54, 1.807) is 6.92 Å². The number of ether oxygens (including phenoxy) is 1. The zero-order valence-corrected chi connectivity index (χ0v) is 7.72. The van der Waals surface area contributed by atoms with Crippen LogP contribution in [-0.2, 0) is 19.4 Å². The van der Waals surface area contributed by atoms with Crippen LogP contribution in [0.3, 0.4) is 0 Å². The molecule has 0 aromatic carbocycles. The lowest BCUT2D eigenvalue weighted by Crippen LogP contribution is -2.24. The van der Waals surface area contributed by atoms with E-state index < -0.39 is 21.2 Å². The van der Waals surface area contributed by atoms with Crippen molar-refractivity contribution in [2.45, 2.75) is 19.3 Å². The van der Waals surface area contributed by atoms with E-state index in [-0.39, 0.29) is 5.75 Å². The molecule has 0 bridgehead atoms. The third-order valence-corrected chi connectivity index (χ3v) is 3.59. The Labute approximate surface area is 71.1 Å². The van der Waals surface area contributed by atoms with Crippen LogP contribution in [0.1, 0.15) is 13.8 Å². The summed E-state index contributed by atoms with van der Waals surface area (Å²) in [6, 6.07) is 0. The summed E-state index contributed by atoms with van der Waals surface area (Å²) in [5.41, 5.74) is -0.586. The fraction of sp³-hybridized carbons (Fsp3) is 0.571. The number of sulfone groups is 1. The van der Waals surface area contributed by atoms with Gasteiger partial charge in [-0.05, 0) is 12.5 Å². The molecule has 0 aromatic rings. The van der Waals surface area contributed by atoms with E-state index in [9.17, 15) is 13.2 Å². The molecule has 1 atom stereocenters. The van der Waals surface area contributed by atoms with Crippen molar-refractivity contribution in [3.63, 3.8) is 0 Å². The number of carbonyl (C=O) groups is 1. The molecule has 5 heteroatoms. The van der Waals surface area contributed by atoms with Crippen LogP contribution < -0.4 is 0 Å². The monoisotopic (exact) mass is 190 g/mol. The average Bonchev–Trinajstić information content (AvgIpc) is 2.31. The molecular weight excluding hydrogens is 180 g/mol. The fourth-order valence-electron chi connectivity index (χ4n) is 0.994. The molecule has 1 unspecified atom stereocenters. The molecule has 0 saturated heterocycles. The standard InChI is InChI=1S/C7H10O4S/c1-3-12(9,10)7-5(2)4-6(8)11-7/h4,7H,3H2,1-2H3. The highest BCUT2D eigenvalue weighted by Gasteiger charge is 2.33. The molecule has 0 fully saturated rings. The highest BCUT2D eigenvalue weighted by Crippen LogP contribution is 2.20. The Bertz CT molecular complexity index is 325. The Morgan fingerprint density at radius 1 is 1.58 bits per heavy atom. The Kier molecular flexibility index (Phi) is 2.23. The minimum absolute atomic E-state index is 0.0177. The Balaban J connectivity index is 2.95. The van der Waals surface area contributed by atoms with Gasteiger partial charge in [-0.3, -0.25) is 0 Å². The fourth-order valence-corrected chi connectivity index (χ4v) is 2.17. The molecule has 4 nitrogen and oxygen atoms in total. The third-order valence-electron chi connectivity index (χ3n) is 1.67. The molecule has 1 aliphatic rings. The summed E-state index contributed by atoms with van der Waals surface area (Å²) >= 11 is 0. The molecule has 0 radical (unpaired) electrons. The van der Waals surface area contributed by atoms with Crippen LogP contribution in [0.15, 0.2) is 11.6 Å². The Morgan fingerprint density at radius 3 is 2.50 bits per heavy atom. The van der Waals surface area contributed by atoms with E-state index in [1.165, 1.54) is 13.0 Å². The SMILES string of the molecule is CCS(=O)(=O)C1OC(=O)C=C1C. The van der Waals surface area contributed by atoms with Gasteiger partial charge in [-0.15, -0.1) is 0 Å². The number of esters is 1. The van der Waals surface area contributed by atoms with Crippen molar-refractivity contribution in [1.82, 2.24) is 0 Å². The maximum atomic E-state index is 11.2. The predicted molar refractivity (Wildman–Crippen MR) is 43.1 cm³/mol. The molecule has 0 aromatic heterocycles. The summed E-state index contributed by atoms with van der Waals surface area (Å²) in [6.07, 6.45) is 1.21. The molecule has 0 saturated carbocycles. The first-order chi connectivity index (χ1) is 5.47. The molecule has 0 spiro atoms. The van der Waals surface area contributed by atoms with Crippen molar-refractivity contribution in [3.8, 4) is 0 Å². The second kappa shape index (κ2) is 2.90. The number of cyclic esters (lactones) is 1. The van der Waals surface area contributed by atoms with Crippen LogP contribution in [0.4, 0.5) is 0 Å². The van der Waals surface area contributed by atoms with Gasteiger partial charge in [0.2, 0.25) is 5.44 Å². The number of rotatable bonds is 2. The van der Waals surface area contributed by atoms with Gasteiger partial charge in [0.25, 0.3) is 0 Å². The summed E-state index contributed by atoms with van der Waals surface area (Å²) in [5, 5.41) is 0. The van der Waals surface area contributed by atoms with E-state index in [0.29, 0.717) is 5.57 Å². The van der Waals surface area contributed by atoms with E-state index in [1.807, 2.05) is 0 Å². The minimum Gasteiger partial charge on any atom is -0.438 e. The lowest BCUT2D eigenvalue weighted by atomic mass is 10.3. The maximum Gasteiger partial charge on any atom is 0.332 e. The van der Waals surface area contributed by atoms with Gasteiger partial charge in [0.1, 0.15) is 0 Å². The third kappa shape index (κ3) is 1.50. The summed E-state index contributed by atoms with van der Waals surface area (Å²) in [6.45, 7) is 3.09. The summed E-state index contributed by atoms with van der Waals surface area (Å²) in [7, 11) is -3.29. The van der Waals surface area contributed by atoms with E-state index in [2.05, 4.69) is 4.74 Å². The lowest BCUT2D eigenvalue weighted by molar-refractivity contribution is -0.136. The summed E-state index contributed by atoms with van der Waals surface area (Å²) < 4.78 is 27.1. The highest BCUT2D eigenvalue weighted by molar-refractivity contribution is 7.92. The van der Waals surface area contributed by atoms with Crippen molar-refractivity contribution in [1.29, 1.82) is 0 Å². The van der Waals surface area contributed by atoms with Gasteiger partial charge in [-0.25, -0.2) is 13.2 Å². The van der Waals surface area contributed by atoms with Crippen LogP contribution in [0.25, 0.3) is 0 Å². The molecule has 0 aliphatic carbocycles. The van der Waals surface area contributed by atoms with Crippen molar-refractivity contribution in [2.24, 2.45) is 0 Å². The number of hydrogen-bond donors (Lipinski definition) is 0. The first-order valence-electron chi connectivity index (χ1n) is 3.57. The van der Waals surface area contributed by atoms with Gasteiger partial charge in [0.05, 0.1) is 5.75 Å². The molecule has 0 amide bonds. The van der Waals surface area contributed by atoms with E-state index in [0.717, 1.165) is 0 Å². The Hall–Kier alpha value is -0.840. The second-order valence-corrected chi connectivity index (χ2v) is 4.94. The van der Waals surface area contributed by atoms with E-state index >= 15 is 0 Å². The predicted octanol–water partition coefficient (Wildman–Crippen LogP) is 0.250. The zero-order valence-electron chi connectivity index (χ0n) is 6.90. The maximum absolute atomic E-state index is 11.2. The van der Waals surface area contributed by atoms with Gasteiger partial charge < -0.3 is 4.74 Å². The molecule has 1 aliphatic heterocycles. The van der Waals surface area contributed by atoms with Gasteiger partial charge in [-0.1, -0.05) is 6.92 Å². The molecule has 0 N–H and O–H groups in total. The van der Waals surface area contributed by atoms with Crippen molar-refractivity contribution < 1.29 is 17.9 Å². The van der Waals surface area contributed by atoms with Crippen LogP contribution in [-0.4, -0.2) is 25.6 Å². The first kappa shape index (κ1) is 9.25. The molecule has 68 valence electrons. The lowest BCUT2D eigenvalue weighted by Gasteiger charge is -2.10. The minimum atomic E-state index is -3.29. The second-order valence-electron chi connectivity index (χ2n) is 2.61. The molecule has 12 heavy (non-hydrogen) atoms. The number of carbonyl (C=O) groups excluding carboxylic acids is 1. The van der Waals surface area contributed by atoms with Crippen LogP contribution in [0.2, 0.25) is 0 Å². The molecule has 1 rings (SSSR count). The quantitative estimate of drug-likeness (QED) is 0.586. The smallest absolute Gasteiger partial charge is 0.332 e. The van der Waals surface area contributed by atoms with Crippen LogP contribution in [0, 0.1) is 0 Å². The Morgan fingerprint density at radius 2 is 2.17 bits per heavy atom. The highest BCUT2D eigenvalue weighted by atomic mass is 32.2. The largest absolute Gasteiger partial charge is 0.438 e. The zero-order chi connectivity index (χ0) is 9.35. The van der Waals surface area contributed by atoms with Crippen molar-refractivity contribution in [2.75, 3.05) is 5.75 Å². The van der Waals surface area contributed by atoms with E-state index in [4.69, 9.17) is 0 Å². The van der Waals surface area contributed by atoms with Gasteiger partial charge in [0, 0.05) is 6.08 Å². The van der Waals surface area contributed by atoms with Gasteiger partial charge >= 0.3 is 5.97 Å². The van der Waals surface area contributed by atoms with Gasteiger partial charge in [0.15, 0.2) is 9.84 Å². The average molecular weight is 190 g/mol. The molecule has 1 heterocycles. The normalized spacial score (nSPS) is 23.7. The molecular formula is C7H10O4S. The van der Waals surface area contributed by atoms with Crippen molar-refractivity contribution in [3.05, 3.63) is 11.6 Å². The number of hydrogen-bond acceptors (Lipinski definition) is 4. The van der Waals surface area contributed by atoms with Crippen molar-refractivity contribution >= 4 is 15.8 Å². The first-order valence-corrected chi connectivity index (χ1v) is 5.29. The van der Waals surface area contributed by atoms with Gasteiger partial charge in [-0.2, -0.15) is 0 Å². The summed E-state index contributed by atoms with van der Waals surface area (Å²) in [4.78, 5) is 10.7.